The van der Waals surface area contributed by atoms with Crippen molar-refractivity contribution in [1.29, 1.82) is 0 Å². The van der Waals surface area contributed by atoms with Crippen molar-refractivity contribution in [3.8, 4) is 0 Å². The summed E-state index contributed by atoms with van der Waals surface area (Å²) in [4.78, 5) is 36.5. The van der Waals surface area contributed by atoms with E-state index < -0.39 is 11.5 Å². The van der Waals surface area contributed by atoms with Gasteiger partial charge in [0, 0.05) is 45.0 Å². The standard InChI is InChI=1S/C26H27N5O3/c1-18-22(23-24(32)27-17-28-26(23)34-18)25(33)29-21-9-7-20(8-10-21)16-31-13-11-30(12-14-31)15-19-5-3-2-4-6-19/h2-10,17H,11-16H2,1H3,(H,29,33)(H,27,28,32). The van der Waals surface area contributed by atoms with Crippen LogP contribution in [0.15, 0.2) is 70.1 Å². The molecule has 174 valence electrons. The molecular formula is C26H27N5O3. The van der Waals surface area contributed by atoms with Crippen LogP contribution in [0.3, 0.4) is 0 Å². The zero-order valence-electron chi connectivity index (χ0n) is 19.1. The number of hydrogen-bond donors (Lipinski definition) is 2. The van der Waals surface area contributed by atoms with Crippen LogP contribution in [-0.2, 0) is 13.1 Å². The number of rotatable bonds is 6. The minimum Gasteiger partial charge on any atom is -0.442 e. The van der Waals surface area contributed by atoms with E-state index in [9.17, 15) is 9.59 Å². The number of nitrogens with one attached hydrogen (secondary N) is 2. The lowest BCUT2D eigenvalue weighted by Crippen LogP contribution is -2.45. The van der Waals surface area contributed by atoms with Gasteiger partial charge in [0.05, 0.1) is 11.9 Å². The summed E-state index contributed by atoms with van der Waals surface area (Å²) in [6.45, 7) is 7.68. The minimum absolute atomic E-state index is 0.158. The van der Waals surface area contributed by atoms with Gasteiger partial charge in [-0.3, -0.25) is 19.4 Å². The van der Waals surface area contributed by atoms with Gasteiger partial charge in [-0.2, -0.15) is 0 Å². The lowest BCUT2D eigenvalue weighted by Gasteiger charge is -2.34. The summed E-state index contributed by atoms with van der Waals surface area (Å²) < 4.78 is 5.48. The molecule has 3 heterocycles. The molecule has 0 bridgehead atoms. The Morgan fingerprint density at radius 1 is 0.971 bits per heavy atom. The molecule has 0 saturated carbocycles. The molecule has 8 heteroatoms. The third-order valence-corrected chi connectivity index (χ3v) is 6.23. The molecule has 4 aromatic rings. The van der Waals surface area contributed by atoms with E-state index in [0.717, 1.165) is 39.3 Å². The van der Waals surface area contributed by atoms with Crippen LogP contribution in [0.25, 0.3) is 11.1 Å². The molecule has 0 atom stereocenters. The molecule has 0 unspecified atom stereocenters. The van der Waals surface area contributed by atoms with Crippen molar-refractivity contribution in [2.24, 2.45) is 0 Å². The predicted molar refractivity (Wildman–Crippen MR) is 131 cm³/mol. The van der Waals surface area contributed by atoms with E-state index in [0.29, 0.717) is 11.4 Å². The molecule has 1 aliphatic heterocycles. The van der Waals surface area contributed by atoms with E-state index in [1.165, 1.54) is 17.5 Å². The van der Waals surface area contributed by atoms with E-state index >= 15 is 0 Å². The molecule has 34 heavy (non-hydrogen) atoms. The molecule has 2 N–H and O–H groups in total. The number of H-pyrrole nitrogens is 1. The molecule has 2 aromatic carbocycles. The Morgan fingerprint density at radius 2 is 1.59 bits per heavy atom. The average molecular weight is 458 g/mol. The van der Waals surface area contributed by atoms with E-state index in [1.807, 2.05) is 24.3 Å². The van der Waals surface area contributed by atoms with Crippen LogP contribution in [0.1, 0.15) is 27.2 Å². The van der Waals surface area contributed by atoms with Gasteiger partial charge in [0.2, 0.25) is 5.71 Å². The summed E-state index contributed by atoms with van der Waals surface area (Å²) in [5.74, 6) is -0.0308. The number of carbonyl (C=O) groups excluding carboxylic acids is 1. The molecule has 0 aliphatic carbocycles. The van der Waals surface area contributed by atoms with Crippen molar-refractivity contribution in [2.45, 2.75) is 20.0 Å². The van der Waals surface area contributed by atoms with E-state index in [2.05, 4.69) is 55.4 Å². The third-order valence-electron chi connectivity index (χ3n) is 6.23. The van der Waals surface area contributed by atoms with E-state index in [1.54, 1.807) is 6.92 Å². The van der Waals surface area contributed by atoms with Crippen molar-refractivity contribution < 1.29 is 9.21 Å². The number of aromatic nitrogens is 2. The highest BCUT2D eigenvalue weighted by atomic mass is 16.3. The summed E-state index contributed by atoms with van der Waals surface area (Å²) >= 11 is 0. The van der Waals surface area contributed by atoms with E-state index in [4.69, 9.17) is 4.42 Å². The fourth-order valence-electron chi connectivity index (χ4n) is 4.42. The van der Waals surface area contributed by atoms with Crippen molar-refractivity contribution in [2.75, 3.05) is 31.5 Å². The molecule has 1 saturated heterocycles. The first-order chi connectivity index (χ1) is 16.6. The quantitative estimate of drug-likeness (QED) is 0.461. The summed E-state index contributed by atoms with van der Waals surface area (Å²) in [5.41, 5.74) is 3.18. The fourth-order valence-corrected chi connectivity index (χ4v) is 4.42. The number of aromatic amines is 1. The van der Waals surface area contributed by atoms with Crippen LogP contribution >= 0.6 is 0 Å². The monoisotopic (exact) mass is 457 g/mol. The van der Waals surface area contributed by atoms with Gasteiger partial charge in [-0.05, 0) is 30.2 Å². The first-order valence-corrected chi connectivity index (χ1v) is 11.4. The smallest absolute Gasteiger partial charge is 0.262 e. The number of amides is 1. The Hall–Kier alpha value is -3.75. The second-order valence-electron chi connectivity index (χ2n) is 8.63. The molecule has 8 nitrogen and oxygen atoms in total. The molecule has 2 aromatic heterocycles. The Balaban J connectivity index is 1.17. The van der Waals surface area contributed by atoms with Crippen LogP contribution in [0, 0.1) is 6.92 Å². The fraction of sp³-hybridized carbons (Fsp3) is 0.269. The van der Waals surface area contributed by atoms with Gasteiger partial charge in [-0.1, -0.05) is 42.5 Å². The number of aryl methyl sites for hydroxylation is 1. The largest absolute Gasteiger partial charge is 0.442 e. The van der Waals surface area contributed by atoms with Crippen LogP contribution in [-0.4, -0.2) is 51.9 Å². The van der Waals surface area contributed by atoms with Crippen LogP contribution in [0.4, 0.5) is 5.69 Å². The molecule has 5 rings (SSSR count). The summed E-state index contributed by atoms with van der Waals surface area (Å²) in [7, 11) is 0. The number of piperazine rings is 1. The van der Waals surface area contributed by atoms with Crippen molar-refractivity contribution >= 4 is 22.7 Å². The van der Waals surface area contributed by atoms with Crippen molar-refractivity contribution in [3.05, 3.63) is 93.7 Å². The van der Waals surface area contributed by atoms with Gasteiger partial charge in [0.1, 0.15) is 11.1 Å². The maximum Gasteiger partial charge on any atom is 0.262 e. The van der Waals surface area contributed by atoms with Crippen LogP contribution < -0.4 is 10.9 Å². The Kier molecular flexibility index (Phi) is 6.24. The van der Waals surface area contributed by atoms with Crippen molar-refractivity contribution in [1.82, 2.24) is 19.8 Å². The maximum absolute atomic E-state index is 12.9. The first kappa shape index (κ1) is 22.1. The van der Waals surface area contributed by atoms with Gasteiger partial charge >= 0.3 is 0 Å². The lowest BCUT2D eigenvalue weighted by atomic mass is 10.1. The lowest BCUT2D eigenvalue weighted by molar-refractivity contribution is 0.102. The molecule has 0 spiro atoms. The summed E-state index contributed by atoms with van der Waals surface area (Å²) in [6.07, 6.45) is 1.26. The molecule has 1 aliphatic rings. The normalized spacial score (nSPS) is 15.0. The van der Waals surface area contributed by atoms with Gasteiger partial charge in [-0.15, -0.1) is 0 Å². The zero-order chi connectivity index (χ0) is 23.5. The molecular weight excluding hydrogens is 430 g/mol. The van der Waals surface area contributed by atoms with Gasteiger partial charge < -0.3 is 14.7 Å². The maximum atomic E-state index is 12.9. The third kappa shape index (κ3) is 4.78. The molecule has 0 radical (unpaired) electrons. The topological polar surface area (TPSA) is 94.5 Å². The predicted octanol–water partition coefficient (Wildman–Crippen LogP) is 3.39. The highest BCUT2D eigenvalue weighted by molar-refractivity contribution is 6.12. The van der Waals surface area contributed by atoms with Gasteiger partial charge in [0.15, 0.2) is 0 Å². The SMILES string of the molecule is Cc1oc2nc[nH]c(=O)c2c1C(=O)Nc1ccc(CN2CCN(Cc3ccccc3)CC2)cc1. The number of hydrogen-bond acceptors (Lipinski definition) is 6. The number of nitrogens with zero attached hydrogens (tertiary/aromatic N) is 3. The second-order valence-corrected chi connectivity index (χ2v) is 8.63. The number of anilines is 1. The molecule has 1 fully saturated rings. The number of furan rings is 1. The highest BCUT2D eigenvalue weighted by Gasteiger charge is 2.22. The number of carbonyl (C=O) groups is 1. The minimum atomic E-state index is -0.397. The van der Waals surface area contributed by atoms with Crippen molar-refractivity contribution in [3.63, 3.8) is 0 Å². The summed E-state index contributed by atoms with van der Waals surface area (Å²) in [6, 6.07) is 18.4. The average Bonchev–Trinajstić information content (AvgIpc) is 3.19. The Bertz CT molecular complexity index is 1340. The van der Waals surface area contributed by atoms with Gasteiger partial charge in [-0.25, -0.2) is 4.98 Å². The molecule has 1 amide bonds. The van der Waals surface area contributed by atoms with Crippen LogP contribution in [0.5, 0.6) is 0 Å². The Labute approximate surface area is 197 Å². The zero-order valence-corrected chi connectivity index (χ0v) is 19.1. The Morgan fingerprint density at radius 3 is 2.24 bits per heavy atom. The number of benzene rings is 2. The van der Waals surface area contributed by atoms with Gasteiger partial charge in [0.25, 0.3) is 11.5 Å². The summed E-state index contributed by atoms with van der Waals surface area (Å²) in [5, 5.41) is 3.03. The van der Waals surface area contributed by atoms with E-state index in [-0.39, 0.29) is 16.7 Å². The first-order valence-electron chi connectivity index (χ1n) is 11.4. The number of fused-ring (bicyclic) bond motifs is 1. The highest BCUT2D eigenvalue weighted by Crippen LogP contribution is 2.22. The van der Waals surface area contributed by atoms with Crippen LogP contribution in [0.2, 0.25) is 0 Å². The second kappa shape index (κ2) is 9.62.